The highest BCUT2D eigenvalue weighted by Crippen LogP contribution is 2.22. The first-order valence-corrected chi connectivity index (χ1v) is 4.04. The lowest BCUT2D eigenvalue weighted by molar-refractivity contribution is 0.611. The molecule has 1 unspecified atom stereocenters. The Morgan fingerprint density at radius 3 is 2.67 bits per heavy atom. The summed E-state index contributed by atoms with van der Waals surface area (Å²) in [5, 5.41) is 8.31. The Morgan fingerprint density at radius 2 is 2.25 bits per heavy atom. The Morgan fingerprint density at radius 1 is 1.58 bits per heavy atom. The summed E-state index contributed by atoms with van der Waals surface area (Å²) in [6.45, 7) is 1.79. The van der Waals surface area contributed by atoms with E-state index in [-0.39, 0.29) is 11.1 Å². The van der Waals surface area contributed by atoms with Crippen molar-refractivity contribution >= 4 is 12.6 Å². The van der Waals surface area contributed by atoms with E-state index >= 15 is 0 Å². The second kappa shape index (κ2) is 3.59. The highest BCUT2D eigenvalue weighted by molar-refractivity contribution is 7.80. The lowest BCUT2D eigenvalue weighted by atomic mass is 10.1. The molecular weight excluding hydrogens is 173 g/mol. The van der Waals surface area contributed by atoms with Crippen LogP contribution in [-0.4, -0.2) is 0 Å². The fourth-order valence-corrected chi connectivity index (χ4v) is 1.14. The van der Waals surface area contributed by atoms with E-state index in [1.54, 1.807) is 19.1 Å². The summed E-state index contributed by atoms with van der Waals surface area (Å²) >= 11 is 4.10. The van der Waals surface area contributed by atoms with Crippen molar-refractivity contribution in [1.29, 1.82) is 5.26 Å². The zero-order chi connectivity index (χ0) is 9.14. The van der Waals surface area contributed by atoms with E-state index in [1.807, 2.05) is 6.07 Å². The first-order chi connectivity index (χ1) is 5.65. The van der Waals surface area contributed by atoms with E-state index in [0.717, 1.165) is 0 Å². The molecule has 0 spiro atoms. The molecule has 3 heteroatoms. The van der Waals surface area contributed by atoms with Crippen LogP contribution in [0.15, 0.2) is 18.2 Å². The van der Waals surface area contributed by atoms with Crippen molar-refractivity contribution in [2.24, 2.45) is 0 Å². The van der Waals surface area contributed by atoms with Gasteiger partial charge in [-0.3, -0.25) is 0 Å². The molecule has 0 N–H and O–H groups in total. The fraction of sp³-hybridized carbons (Fsp3) is 0.222. The average molecular weight is 181 g/mol. The molecule has 0 aromatic heterocycles. The Kier molecular flexibility index (Phi) is 2.72. The maximum atomic E-state index is 13.1. The van der Waals surface area contributed by atoms with Crippen LogP contribution in [-0.2, 0) is 0 Å². The average Bonchev–Trinajstić information content (AvgIpc) is 2.03. The number of halogens is 1. The molecule has 0 bridgehead atoms. The van der Waals surface area contributed by atoms with Gasteiger partial charge >= 0.3 is 0 Å². The lowest BCUT2D eigenvalue weighted by Gasteiger charge is -2.05. The van der Waals surface area contributed by atoms with E-state index in [9.17, 15) is 4.39 Å². The third-order valence-electron chi connectivity index (χ3n) is 1.58. The predicted molar refractivity (Wildman–Crippen MR) is 48.5 cm³/mol. The van der Waals surface area contributed by atoms with Gasteiger partial charge in [-0.15, -0.1) is 0 Å². The van der Waals surface area contributed by atoms with Crippen molar-refractivity contribution < 1.29 is 4.39 Å². The molecule has 1 aromatic carbocycles. The quantitative estimate of drug-likeness (QED) is 0.661. The van der Waals surface area contributed by atoms with E-state index in [1.165, 1.54) is 6.07 Å². The first kappa shape index (κ1) is 9.08. The summed E-state index contributed by atoms with van der Waals surface area (Å²) in [4.78, 5) is 0. The van der Waals surface area contributed by atoms with Crippen LogP contribution in [0.1, 0.15) is 23.3 Å². The zero-order valence-electron chi connectivity index (χ0n) is 6.58. The minimum absolute atomic E-state index is 0.141. The molecule has 1 aromatic rings. The van der Waals surface area contributed by atoms with Gasteiger partial charge in [0, 0.05) is 10.8 Å². The van der Waals surface area contributed by atoms with Crippen LogP contribution in [0.4, 0.5) is 4.39 Å². The van der Waals surface area contributed by atoms with Crippen LogP contribution in [0.5, 0.6) is 0 Å². The monoisotopic (exact) mass is 181 g/mol. The van der Waals surface area contributed by atoms with Crippen molar-refractivity contribution in [2.75, 3.05) is 0 Å². The second-order valence-electron chi connectivity index (χ2n) is 2.52. The summed E-state index contributed by atoms with van der Waals surface area (Å²) in [7, 11) is 0. The van der Waals surface area contributed by atoms with Crippen molar-refractivity contribution in [3.05, 3.63) is 35.1 Å². The SMILES string of the molecule is CC(S)c1ccc(C#N)cc1F. The van der Waals surface area contributed by atoms with Gasteiger partial charge in [0.15, 0.2) is 0 Å². The molecule has 0 aliphatic heterocycles. The molecule has 0 aliphatic carbocycles. The van der Waals surface area contributed by atoms with Gasteiger partial charge < -0.3 is 0 Å². The van der Waals surface area contributed by atoms with Crippen LogP contribution < -0.4 is 0 Å². The first-order valence-electron chi connectivity index (χ1n) is 3.52. The number of hydrogen-bond donors (Lipinski definition) is 1. The van der Waals surface area contributed by atoms with E-state index < -0.39 is 0 Å². The van der Waals surface area contributed by atoms with Gasteiger partial charge in [0.05, 0.1) is 11.6 Å². The molecule has 1 atom stereocenters. The Balaban J connectivity index is 3.14. The van der Waals surface area contributed by atoms with Crippen LogP contribution in [0.2, 0.25) is 0 Å². The van der Waals surface area contributed by atoms with Gasteiger partial charge in [-0.1, -0.05) is 6.07 Å². The Bertz CT molecular complexity index is 328. The summed E-state index contributed by atoms with van der Waals surface area (Å²) in [5.74, 6) is -0.364. The van der Waals surface area contributed by atoms with E-state index in [2.05, 4.69) is 12.6 Å². The Labute approximate surface area is 76.2 Å². The van der Waals surface area contributed by atoms with Gasteiger partial charge in [-0.2, -0.15) is 17.9 Å². The number of thiol groups is 1. The van der Waals surface area contributed by atoms with Gasteiger partial charge in [-0.25, -0.2) is 4.39 Å². The molecule has 1 rings (SSSR count). The number of nitrogens with zero attached hydrogens (tertiary/aromatic N) is 1. The van der Waals surface area contributed by atoms with Gasteiger partial charge in [0.1, 0.15) is 5.82 Å². The Hall–Kier alpha value is -1.01. The summed E-state index contributed by atoms with van der Waals surface area (Å²) in [6, 6.07) is 6.27. The van der Waals surface area contributed by atoms with E-state index in [0.29, 0.717) is 11.1 Å². The molecule has 0 radical (unpaired) electrons. The largest absolute Gasteiger partial charge is 0.207 e. The smallest absolute Gasteiger partial charge is 0.128 e. The predicted octanol–water partition coefficient (Wildman–Crippen LogP) is 2.69. The minimum atomic E-state index is -0.364. The van der Waals surface area contributed by atoms with Crippen LogP contribution >= 0.6 is 12.6 Å². The number of hydrogen-bond acceptors (Lipinski definition) is 2. The molecule has 12 heavy (non-hydrogen) atoms. The summed E-state index contributed by atoms with van der Waals surface area (Å²) in [5.41, 5.74) is 0.863. The molecule has 0 fully saturated rings. The van der Waals surface area contributed by atoms with Crippen LogP contribution in [0.3, 0.4) is 0 Å². The second-order valence-corrected chi connectivity index (χ2v) is 3.30. The maximum absolute atomic E-state index is 13.1. The summed E-state index contributed by atoms with van der Waals surface area (Å²) in [6.07, 6.45) is 0. The standard InChI is InChI=1S/C9H8FNS/c1-6(12)8-3-2-7(5-11)4-9(8)10/h2-4,6,12H,1H3. The summed E-state index contributed by atoms with van der Waals surface area (Å²) < 4.78 is 13.1. The molecule has 1 nitrogen and oxygen atoms in total. The van der Waals surface area contributed by atoms with Crippen LogP contribution in [0.25, 0.3) is 0 Å². The lowest BCUT2D eigenvalue weighted by Crippen LogP contribution is -1.91. The van der Waals surface area contributed by atoms with Gasteiger partial charge in [0.25, 0.3) is 0 Å². The van der Waals surface area contributed by atoms with Gasteiger partial charge in [0.2, 0.25) is 0 Å². The fourth-order valence-electron chi connectivity index (χ4n) is 0.935. The van der Waals surface area contributed by atoms with Crippen molar-refractivity contribution in [1.82, 2.24) is 0 Å². The van der Waals surface area contributed by atoms with Crippen molar-refractivity contribution in [2.45, 2.75) is 12.2 Å². The normalized spacial score (nSPS) is 12.2. The van der Waals surface area contributed by atoms with Crippen LogP contribution in [0, 0.1) is 17.1 Å². The highest BCUT2D eigenvalue weighted by Gasteiger charge is 2.06. The van der Waals surface area contributed by atoms with E-state index in [4.69, 9.17) is 5.26 Å². The molecular formula is C9H8FNS. The maximum Gasteiger partial charge on any atom is 0.128 e. The van der Waals surface area contributed by atoms with Crippen molar-refractivity contribution in [3.63, 3.8) is 0 Å². The number of benzene rings is 1. The van der Waals surface area contributed by atoms with Gasteiger partial charge in [-0.05, 0) is 19.1 Å². The molecule has 0 saturated carbocycles. The molecule has 0 saturated heterocycles. The third-order valence-corrected chi connectivity index (χ3v) is 1.86. The number of nitriles is 1. The van der Waals surface area contributed by atoms with Crippen molar-refractivity contribution in [3.8, 4) is 6.07 Å². The molecule has 0 amide bonds. The number of rotatable bonds is 1. The minimum Gasteiger partial charge on any atom is -0.207 e. The molecule has 0 aliphatic rings. The third kappa shape index (κ3) is 1.77. The molecule has 62 valence electrons. The molecule has 0 heterocycles. The zero-order valence-corrected chi connectivity index (χ0v) is 7.48. The highest BCUT2D eigenvalue weighted by atomic mass is 32.1. The topological polar surface area (TPSA) is 23.8 Å².